The highest BCUT2D eigenvalue weighted by molar-refractivity contribution is 5.85. The third-order valence-corrected chi connectivity index (χ3v) is 6.07. The molecule has 3 aliphatic rings. The van der Waals surface area contributed by atoms with Crippen LogP contribution in [0.5, 0.6) is 0 Å². The lowest BCUT2D eigenvalue weighted by Gasteiger charge is -2.40. The first-order valence-electron chi connectivity index (χ1n) is 10.1. The number of nitrogens with zero attached hydrogens (tertiary/aromatic N) is 4. The van der Waals surface area contributed by atoms with Gasteiger partial charge in [0.1, 0.15) is 5.82 Å². The Morgan fingerprint density at radius 1 is 1.26 bits per heavy atom. The topological polar surface area (TPSA) is 69.1 Å². The average molecular weight is 374 g/mol. The molecule has 3 saturated heterocycles. The van der Waals surface area contributed by atoms with Crippen molar-refractivity contribution in [2.45, 2.75) is 24.9 Å². The van der Waals surface area contributed by atoms with Gasteiger partial charge in [0, 0.05) is 58.4 Å². The van der Waals surface area contributed by atoms with E-state index in [0.717, 1.165) is 64.5 Å². The summed E-state index contributed by atoms with van der Waals surface area (Å²) >= 11 is 0. The number of aliphatic hydroxyl groups is 1. The van der Waals surface area contributed by atoms with E-state index in [1.807, 2.05) is 23.2 Å². The second-order valence-electron chi connectivity index (χ2n) is 8.07. The van der Waals surface area contributed by atoms with Crippen LogP contribution in [-0.2, 0) is 9.53 Å². The van der Waals surface area contributed by atoms with Gasteiger partial charge in [0.15, 0.2) is 5.60 Å². The zero-order valence-corrected chi connectivity index (χ0v) is 15.9. The number of rotatable bonds is 4. The molecule has 0 bridgehead atoms. The molecule has 1 aromatic heterocycles. The first-order chi connectivity index (χ1) is 13.1. The lowest BCUT2D eigenvalue weighted by molar-refractivity contribution is -0.153. The zero-order valence-electron chi connectivity index (χ0n) is 15.9. The number of aromatic nitrogens is 1. The van der Waals surface area contributed by atoms with Crippen molar-refractivity contribution in [3.8, 4) is 0 Å². The molecular formula is C20H30N4O3. The lowest BCUT2D eigenvalue weighted by Crippen LogP contribution is -2.54. The Labute approximate surface area is 160 Å². The molecular weight excluding hydrogens is 344 g/mol. The number of piperidine rings is 1. The molecule has 0 aromatic carbocycles. The van der Waals surface area contributed by atoms with Crippen molar-refractivity contribution in [1.82, 2.24) is 14.8 Å². The van der Waals surface area contributed by atoms with Gasteiger partial charge in [-0.2, -0.15) is 0 Å². The van der Waals surface area contributed by atoms with Crippen molar-refractivity contribution in [2.24, 2.45) is 5.92 Å². The summed E-state index contributed by atoms with van der Waals surface area (Å²) in [5.41, 5.74) is -1.30. The van der Waals surface area contributed by atoms with Crippen LogP contribution >= 0.6 is 0 Å². The van der Waals surface area contributed by atoms with Gasteiger partial charge >= 0.3 is 0 Å². The minimum absolute atomic E-state index is 0.135. The minimum atomic E-state index is -1.30. The van der Waals surface area contributed by atoms with Crippen LogP contribution in [-0.4, -0.2) is 90.4 Å². The van der Waals surface area contributed by atoms with E-state index in [1.165, 1.54) is 0 Å². The number of piperazine rings is 1. The second-order valence-corrected chi connectivity index (χ2v) is 8.07. The van der Waals surface area contributed by atoms with E-state index < -0.39 is 5.60 Å². The molecule has 3 aliphatic heterocycles. The van der Waals surface area contributed by atoms with Crippen LogP contribution in [0.25, 0.3) is 0 Å². The van der Waals surface area contributed by atoms with Gasteiger partial charge in [-0.3, -0.25) is 9.69 Å². The van der Waals surface area contributed by atoms with Crippen LogP contribution < -0.4 is 4.90 Å². The van der Waals surface area contributed by atoms with E-state index in [4.69, 9.17) is 4.74 Å². The predicted octanol–water partition coefficient (Wildman–Crippen LogP) is 0.594. The van der Waals surface area contributed by atoms with Crippen LogP contribution in [0.2, 0.25) is 0 Å². The number of hydrogen-bond donors (Lipinski definition) is 1. The van der Waals surface area contributed by atoms with Crippen LogP contribution in [0.1, 0.15) is 19.3 Å². The minimum Gasteiger partial charge on any atom is -0.378 e. The fourth-order valence-electron chi connectivity index (χ4n) is 4.48. The third kappa shape index (κ3) is 4.25. The van der Waals surface area contributed by atoms with Gasteiger partial charge in [-0.25, -0.2) is 4.98 Å². The number of amides is 1. The summed E-state index contributed by atoms with van der Waals surface area (Å²) in [4.78, 5) is 23.9. The average Bonchev–Trinajstić information content (AvgIpc) is 3.17. The molecule has 1 N–H and O–H groups in total. The number of hydrogen-bond acceptors (Lipinski definition) is 6. The molecule has 2 unspecified atom stereocenters. The molecule has 3 fully saturated rings. The molecule has 27 heavy (non-hydrogen) atoms. The largest absolute Gasteiger partial charge is 0.378 e. The van der Waals surface area contributed by atoms with E-state index in [0.29, 0.717) is 18.9 Å². The molecule has 148 valence electrons. The van der Waals surface area contributed by atoms with Crippen molar-refractivity contribution >= 4 is 11.7 Å². The molecule has 0 saturated carbocycles. The second kappa shape index (κ2) is 8.12. The SMILES string of the molecule is O=C(N1CCCC(CN2CCN(c3ccccn3)CC2)C1)C1(O)CCOC1. The number of pyridine rings is 1. The monoisotopic (exact) mass is 374 g/mol. The number of carbonyl (C=O) groups excluding carboxylic acids is 1. The van der Waals surface area contributed by atoms with Crippen molar-refractivity contribution in [1.29, 1.82) is 0 Å². The van der Waals surface area contributed by atoms with Crippen LogP contribution in [0.4, 0.5) is 5.82 Å². The summed E-state index contributed by atoms with van der Waals surface area (Å²) in [7, 11) is 0. The van der Waals surface area contributed by atoms with Gasteiger partial charge in [-0.15, -0.1) is 0 Å². The molecule has 1 aromatic rings. The van der Waals surface area contributed by atoms with Gasteiger partial charge in [-0.05, 0) is 30.9 Å². The van der Waals surface area contributed by atoms with Crippen molar-refractivity contribution in [3.63, 3.8) is 0 Å². The Hall–Kier alpha value is -1.70. The van der Waals surface area contributed by atoms with E-state index in [9.17, 15) is 9.90 Å². The fourth-order valence-corrected chi connectivity index (χ4v) is 4.48. The van der Waals surface area contributed by atoms with Crippen LogP contribution in [0.15, 0.2) is 24.4 Å². The molecule has 4 rings (SSSR count). The summed E-state index contributed by atoms with van der Waals surface area (Å²) < 4.78 is 5.25. The Balaban J connectivity index is 1.27. The Kier molecular flexibility index (Phi) is 5.61. The lowest BCUT2D eigenvalue weighted by atomic mass is 9.94. The van der Waals surface area contributed by atoms with E-state index in [1.54, 1.807) is 0 Å². The van der Waals surface area contributed by atoms with E-state index >= 15 is 0 Å². The molecule has 1 amide bonds. The first kappa shape index (κ1) is 18.7. The van der Waals surface area contributed by atoms with Gasteiger partial charge < -0.3 is 19.6 Å². The highest BCUT2D eigenvalue weighted by Crippen LogP contribution is 2.26. The normalized spacial score (nSPS) is 29.9. The maximum absolute atomic E-state index is 12.7. The summed E-state index contributed by atoms with van der Waals surface area (Å²) in [6.45, 7) is 7.18. The third-order valence-electron chi connectivity index (χ3n) is 6.07. The number of ether oxygens (including phenoxy) is 1. The molecule has 7 heteroatoms. The van der Waals surface area contributed by atoms with Gasteiger partial charge in [0.05, 0.1) is 13.2 Å². The van der Waals surface area contributed by atoms with Crippen LogP contribution in [0.3, 0.4) is 0 Å². The number of carbonyl (C=O) groups is 1. The summed E-state index contributed by atoms with van der Waals surface area (Å²) in [6, 6.07) is 6.05. The Morgan fingerprint density at radius 3 is 2.81 bits per heavy atom. The Bertz CT molecular complexity index is 627. The highest BCUT2D eigenvalue weighted by Gasteiger charge is 2.43. The van der Waals surface area contributed by atoms with Crippen molar-refractivity contribution in [3.05, 3.63) is 24.4 Å². The maximum atomic E-state index is 12.7. The summed E-state index contributed by atoms with van der Waals surface area (Å²) in [5, 5.41) is 10.5. The summed E-state index contributed by atoms with van der Waals surface area (Å²) in [6.07, 6.45) is 4.43. The molecule has 0 aliphatic carbocycles. The van der Waals surface area contributed by atoms with Crippen LogP contribution in [0, 0.1) is 5.92 Å². The molecule has 0 radical (unpaired) electrons. The first-order valence-corrected chi connectivity index (χ1v) is 10.1. The van der Waals surface area contributed by atoms with Gasteiger partial charge in [0.2, 0.25) is 0 Å². The van der Waals surface area contributed by atoms with Gasteiger partial charge in [0.25, 0.3) is 5.91 Å². The molecule has 0 spiro atoms. The van der Waals surface area contributed by atoms with Gasteiger partial charge in [-0.1, -0.05) is 6.07 Å². The molecule has 4 heterocycles. The smallest absolute Gasteiger partial charge is 0.257 e. The predicted molar refractivity (Wildman–Crippen MR) is 103 cm³/mol. The van der Waals surface area contributed by atoms with E-state index in [2.05, 4.69) is 20.9 Å². The van der Waals surface area contributed by atoms with E-state index in [-0.39, 0.29) is 12.5 Å². The van der Waals surface area contributed by atoms with Crippen molar-refractivity contribution in [2.75, 3.05) is 63.9 Å². The van der Waals surface area contributed by atoms with Crippen molar-refractivity contribution < 1.29 is 14.6 Å². The maximum Gasteiger partial charge on any atom is 0.257 e. The highest BCUT2D eigenvalue weighted by atomic mass is 16.5. The number of likely N-dealkylation sites (tertiary alicyclic amines) is 1. The number of anilines is 1. The molecule has 7 nitrogen and oxygen atoms in total. The quantitative estimate of drug-likeness (QED) is 0.832. The summed E-state index contributed by atoms with van der Waals surface area (Å²) in [5.74, 6) is 1.40. The zero-order chi connectivity index (χ0) is 18.7. The molecule has 2 atom stereocenters. The fraction of sp³-hybridized carbons (Fsp3) is 0.700. The standard InChI is InChI=1S/C20H30N4O3/c25-19(20(26)6-13-27-16-20)24-8-3-4-17(15-24)14-22-9-11-23(12-10-22)18-5-1-2-7-21-18/h1-2,5,7,17,26H,3-4,6,8-16H2. The Morgan fingerprint density at radius 2 is 2.11 bits per heavy atom.